The summed E-state index contributed by atoms with van der Waals surface area (Å²) >= 11 is 10.4. The Balaban J connectivity index is 2.92. The number of hydrogen-bond acceptors (Lipinski definition) is 3. The van der Waals surface area contributed by atoms with Crippen LogP contribution in [0.3, 0.4) is 0 Å². The zero-order valence-corrected chi connectivity index (χ0v) is 9.56. The van der Waals surface area contributed by atoms with Crippen molar-refractivity contribution < 1.29 is 5.11 Å². The van der Waals surface area contributed by atoms with Crippen molar-refractivity contribution in [2.75, 3.05) is 0 Å². The van der Waals surface area contributed by atoms with Crippen LogP contribution in [-0.4, -0.2) is 16.4 Å². The highest BCUT2D eigenvalue weighted by molar-refractivity contribution is 7.80. The number of phenols is 1. The van der Waals surface area contributed by atoms with Gasteiger partial charge >= 0.3 is 0 Å². The predicted molar refractivity (Wildman–Crippen MR) is 65.4 cm³/mol. The van der Waals surface area contributed by atoms with Gasteiger partial charge in [-0.15, -0.1) is 0 Å². The van der Waals surface area contributed by atoms with Gasteiger partial charge in [-0.3, -0.25) is 5.43 Å². The molecule has 0 saturated heterocycles. The van der Waals surface area contributed by atoms with Crippen molar-refractivity contribution in [2.45, 2.75) is 6.92 Å². The van der Waals surface area contributed by atoms with Gasteiger partial charge in [0.25, 0.3) is 0 Å². The van der Waals surface area contributed by atoms with Gasteiger partial charge < -0.3 is 10.8 Å². The Morgan fingerprint density at radius 1 is 1.67 bits per heavy atom. The highest BCUT2D eigenvalue weighted by atomic mass is 35.5. The summed E-state index contributed by atoms with van der Waals surface area (Å²) in [5, 5.41) is 14.0. The van der Waals surface area contributed by atoms with Gasteiger partial charge in [0, 0.05) is 16.1 Å². The molecular weight excluding hydrogens is 234 g/mol. The number of rotatable bonds is 2. The molecule has 0 unspecified atom stereocenters. The van der Waals surface area contributed by atoms with Crippen LogP contribution in [0.2, 0.25) is 5.02 Å². The van der Waals surface area contributed by atoms with Crippen LogP contribution in [0.1, 0.15) is 11.1 Å². The minimum absolute atomic E-state index is 0.0661. The molecule has 0 bridgehead atoms. The molecule has 0 aromatic heterocycles. The second-order valence-electron chi connectivity index (χ2n) is 2.84. The maximum atomic E-state index is 9.68. The number of nitrogens with one attached hydrogen (secondary N) is 1. The predicted octanol–water partition coefficient (Wildman–Crippen LogP) is 1.52. The van der Waals surface area contributed by atoms with E-state index in [1.54, 1.807) is 19.1 Å². The normalized spacial score (nSPS) is 10.5. The fraction of sp³-hybridized carbons (Fsp3) is 0.111. The Morgan fingerprint density at radius 2 is 2.33 bits per heavy atom. The van der Waals surface area contributed by atoms with Gasteiger partial charge in [0.15, 0.2) is 5.11 Å². The van der Waals surface area contributed by atoms with Crippen molar-refractivity contribution in [1.29, 1.82) is 0 Å². The molecule has 6 heteroatoms. The van der Waals surface area contributed by atoms with Crippen molar-refractivity contribution in [3.8, 4) is 5.75 Å². The van der Waals surface area contributed by atoms with E-state index in [2.05, 4.69) is 22.7 Å². The second kappa shape index (κ2) is 4.95. The maximum absolute atomic E-state index is 9.68. The number of halogens is 1. The van der Waals surface area contributed by atoms with Gasteiger partial charge in [0.2, 0.25) is 0 Å². The molecule has 0 aliphatic heterocycles. The van der Waals surface area contributed by atoms with Crippen molar-refractivity contribution >= 4 is 35.1 Å². The third kappa shape index (κ3) is 3.07. The topological polar surface area (TPSA) is 70.6 Å². The van der Waals surface area contributed by atoms with Crippen LogP contribution in [0, 0.1) is 6.92 Å². The van der Waals surface area contributed by atoms with Crippen LogP contribution in [0.15, 0.2) is 17.2 Å². The molecule has 0 saturated carbocycles. The lowest BCUT2D eigenvalue weighted by molar-refractivity contribution is 0.470. The minimum atomic E-state index is 0.0661. The first-order valence-electron chi connectivity index (χ1n) is 4.09. The smallest absolute Gasteiger partial charge is 0.184 e. The van der Waals surface area contributed by atoms with E-state index in [1.807, 2.05) is 0 Å². The summed E-state index contributed by atoms with van der Waals surface area (Å²) in [4.78, 5) is 0. The summed E-state index contributed by atoms with van der Waals surface area (Å²) in [6, 6.07) is 3.33. The molecule has 0 amide bonds. The van der Waals surface area contributed by atoms with Gasteiger partial charge in [0.1, 0.15) is 5.75 Å². The summed E-state index contributed by atoms with van der Waals surface area (Å²) in [7, 11) is 0. The third-order valence-corrected chi connectivity index (χ3v) is 2.28. The van der Waals surface area contributed by atoms with E-state index in [1.165, 1.54) is 6.21 Å². The van der Waals surface area contributed by atoms with E-state index >= 15 is 0 Å². The average molecular weight is 244 g/mol. The lowest BCUT2D eigenvalue weighted by Gasteiger charge is -2.04. The number of benzene rings is 1. The first-order chi connectivity index (χ1) is 7.02. The van der Waals surface area contributed by atoms with E-state index in [0.717, 1.165) is 0 Å². The largest absolute Gasteiger partial charge is 0.507 e. The minimum Gasteiger partial charge on any atom is -0.507 e. The van der Waals surface area contributed by atoms with Crippen LogP contribution in [-0.2, 0) is 0 Å². The van der Waals surface area contributed by atoms with Crippen LogP contribution in [0.4, 0.5) is 0 Å². The Bertz CT molecular complexity index is 420. The number of nitrogens with zero attached hydrogens (tertiary/aromatic N) is 1. The number of hydrogen-bond donors (Lipinski definition) is 3. The molecular formula is C9H10ClN3OS. The van der Waals surface area contributed by atoms with E-state index < -0.39 is 0 Å². The fourth-order valence-electron chi connectivity index (χ4n) is 0.966. The number of phenolic OH excluding ortho intramolecular Hbond substituents is 1. The van der Waals surface area contributed by atoms with Gasteiger partial charge in [-0.05, 0) is 31.3 Å². The summed E-state index contributed by atoms with van der Waals surface area (Å²) in [6.45, 7) is 1.72. The molecule has 1 aromatic rings. The Kier molecular flexibility index (Phi) is 3.88. The number of hydrazone groups is 1. The molecule has 4 N–H and O–H groups in total. The van der Waals surface area contributed by atoms with E-state index in [-0.39, 0.29) is 10.9 Å². The van der Waals surface area contributed by atoms with Crippen LogP contribution in [0.25, 0.3) is 0 Å². The quantitative estimate of drug-likeness (QED) is 0.419. The molecule has 0 radical (unpaired) electrons. The van der Waals surface area contributed by atoms with Crippen LogP contribution in [0.5, 0.6) is 5.75 Å². The van der Waals surface area contributed by atoms with Crippen LogP contribution < -0.4 is 11.2 Å². The zero-order chi connectivity index (χ0) is 11.4. The Hall–Kier alpha value is -1.33. The monoisotopic (exact) mass is 243 g/mol. The number of nitrogens with two attached hydrogens (primary N) is 1. The summed E-state index contributed by atoms with van der Waals surface area (Å²) in [5.41, 5.74) is 8.71. The molecule has 0 aliphatic rings. The SMILES string of the molecule is Cc1c(Cl)ccc(C=NNC(N)=S)c1O. The number of thiocarbonyl (C=S) groups is 1. The zero-order valence-electron chi connectivity index (χ0n) is 7.99. The van der Waals surface area contributed by atoms with Gasteiger partial charge in [-0.1, -0.05) is 11.6 Å². The molecule has 0 atom stereocenters. The standard InChI is InChI=1S/C9H10ClN3OS/c1-5-7(10)3-2-6(8(5)14)4-12-13-9(11)15/h2-4,14H,1H3,(H3,11,13,15). The second-order valence-corrected chi connectivity index (χ2v) is 3.69. The highest BCUT2D eigenvalue weighted by Gasteiger charge is 2.05. The molecule has 0 spiro atoms. The van der Waals surface area contributed by atoms with Gasteiger partial charge in [-0.25, -0.2) is 0 Å². The first-order valence-corrected chi connectivity index (χ1v) is 4.87. The molecule has 0 aliphatic carbocycles. The Labute approximate surface area is 97.7 Å². The molecule has 1 rings (SSSR count). The van der Waals surface area contributed by atoms with Crippen molar-refractivity contribution in [3.63, 3.8) is 0 Å². The van der Waals surface area contributed by atoms with Gasteiger partial charge in [0.05, 0.1) is 6.21 Å². The summed E-state index contributed by atoms with van der Waals surface area (Å²) in [5.74, 6) is 0.0935. The van der Waals surface area contributed by atoms with Gasteiger partial charge in [-0.2, -0.15) is 5.10 Å². The molecule has 4 nitrogen and oxygen atoms in total. The highest BCUT2D eigenvalue weighted by Crippen LogP contribution is 2.27. The van der Waals surface area contributed by atoms with Crippen molar-refractivity contribution in [3.05, 3.63) is 28.3 Å². The molecule has 0 fully saturated rings. The summed E-state index contributed by atoms with van der Waals surface area (Å²) < 4.78 is 0. The van der Waals surface area contributed by atoms with Crippen molar-refractivity contribution in [2.24, 2.45) is 10.8 Å². The lowest BCUT2D eigenvalue weighted by Crippen LogP contribution is -2.24. The molecule has 1 aromatic carbocycles. The van der Waals surface area contributed by atoms with E-state index in [9.17, 15) is 5.11 Å². The third-order valence-electron chi connectivity index (χ3n) is 1.77. The summed E-state index contributed by atoms with van der Waals surface area (Å²) in [6.07, 6.45) is 1.41. The molecule has 80 valence electrons. The van der Waals surface area contributed by atoms with E-state index in [0.29, 0.717) is 16.1 Å². The fourth-order valence-corrected chi connectivity index (χ4v) is 1.17. The maximum Gasteiger partial charge on any atom is 0.184 e. The Morgan fingerprint density at radius 3 is 2.93 bits per heavy atom. The lowest BCUT2D eigenvalue weighted by atomic mass is 10.1. The first kappa shape index (κ1) is 11.7. The average Bonchev–Trinajstić information content (AvgIpc) is 2.18. The van der Waals surface area contributed by atoms with Crippen LogP contribution >= 0.6 is 23.8 Å². The molecule has 15 heavy (non-hydrogen) atoms. The van der Waals surface area contributed by atoms with E-state index in [4.69, 9.17) is 17.3 Å². The molecule has 0 heterocycles. The number of aromatic hydroxyl groups is 1. The van der Waals surface area contributed by atoms with Crippen molar-refractivity contribution in [1.82, 2.24) is 5.43 Å².